The molecule has 0 bridgehead atoms. The van der Waals surface area contributed by atoms with Gasteiger partial charge in [0.2, 0.25) is 0 Å². The van der Waals surface area contributed by atoms with Crippen molar-refractivity contribution >= 4 is 11.7 Å². The standard InChI is InChI=1S/C15H23NO3/c1-3-4-5-6-7-8-19-15(17)12-9-13(16)11-14(10-12)18-2/h9-11H,3-8,16H2,1-2H3. The Morgan fingerprint density at radius 2 is 1.89 bits per heavy atom. The molecule has 0 saturated carbocycles. The summed E-state index contributed by atoms with van der Waals surface area (Å²) in [5, 5.41) is 0. The fraction of sp³-hybridized carbons (Fsp3) is 0.533. The molecule has 2 N–H and O–H groups in total. The molecule has 0 saturated heterocycles. The van der Waals surface area contributed by atoms with E-state index in [2.05, 4.69) is 6.92 Å². The van der Waals surface area contributed by atoms with Crippen molar-refractivity contribution in [2.75, 3.05) is 19.5 Å². The lowest BCUT2D eigenvalue weighted by Crippen LogP contribution is -2.07. The first-order chi connectivity index (χ1) is 9.17. The second-order valence-corrected chi connectivity index (χ2v) is 4.54. The molecule has 0 fully saturated rings. The number of carbonyl (C=O) groups is 1. The lowest BCUT2D eigenvalue weighted by atomic mass is 10.1. The molecule has 1 aromatic carbocycles. The van der Waals surface area contributed by atoms with Gasteiger partial charge < -0.3 is 15.2 Å². The summed E-state index contributed by atoms with van der Waals surface area (Å²) >= 11 is 0. The SMILES string of the molecule is CCCCCCCOC(=O)c1cc(N)cc(OC)c1. The minimum Gasteiger partial charge on any atom is -0.497 e. The lowest BCUT2D eigenvalue weighted by Gasteiger charge is -2.07. The van der Waals surface area contributed by atoms with E-state index in [1.807, 2.05) is 0 Å². The van der Waals surface area contributed by atoms with E-state index in [-0.39, 0.29) is 5.97 Å². The Balaban J connectivity index is 2.39. The molecule has 19 heavy (non-hydrogen) atoms. The molecule has 0 unspecified atom stereocenters. The molecule has 1 rings (SSSR count). The zero-order valence-electron chi connectivity index (χ0n) is 11.8. The minimum absolute atomic E-state index is 0.346. The van der Waals surface area contributed by atoms with Crippen LogP contribution in [-0.2, 0) is 4.74 Å². The highest BCUT2D eigenvalue weighted by Crippen LogP contribution is 2.19. The Morgan fingerprint density at radius 3 is 2.58 bits per heavy atom. The number of methoxy groups -OCH3 is 1. The number of nitrogen functional groups attached to an aromatic ring is 1. The number of unbranched alkanes of at least 4 members (excludes halogenated alkanes) is 4. The predicted molar refractivity (Wildman–Crippen MR) is 76.4 cm³/mol. The van der Waals surface area contributed by atoms with Gasteiger partial charge in [0.05, 0.1) is 19.3 Å². The number of nitrogens with two attached hydrogens (primary N) is 1. The van der Waals surface area contributed by atoms with Gasteiger partial charge in [-0.15, -0.1) is 0 Å². The van der Waals surface area contributed by atoms with Crippen molar-refractivity contribution in [2.24, 2.45) is 0 Å². The van der Waals surface area contributed by atoms with E-state index in [0.717, 1.165) is 12.8 Å². The molecule has 0 radical (unpaired) electrons. The molecule has 0 aliphatic carbocycles. The van der Waals surface area contributed by atoms with E-state index in [4.69, 9.17) is 15.2 Å². The second-order valence-electron chi connectivity index (χ2n) is 4.54. The number of hydrogen-bond donors (Lipinski definition) is 1. The van der Waals surface area contributed by atoms with Crippen LogP contribution in [0.15, 0.2) is 18.2 Å². The Hall–Kier alpha value is -1.71. The van der Waals surface area contributed by atoms with E-state index in [1.165, 1.54) is 26.4 Å². The van der Waals surface area contributed by atoms with Crippen LogP contribution in [0.25, 0.3) is 0 Å². The zero-order chi connectivity index (χ0) is 14.1. The number of rotatable bonds is 8. The molecule has 1 aromatic rings. The maximum absolute atomic E-state index is 11.8. The average molecular weight is 265 g/mol. The van der Waals surface area contributed by atoms with Gasteiger partial charge in [-0.25, -0.2) is 4.79 Å². The van der Waals surface area contributed by atoms with Gasteiger partial charge in [-0.1, -0.05) is 32.6 Å². The first kappa shape index (κ1) is 15.3. The Morgan fingerprint density at radius 1 is 1.16 bits per heavy atom. The van der Waals surface area contributed by atoms with Crippen molar-refractivity contribution in [3.8, 4) is 5.75 Å². The molecule has 0 atom stereocenters. The quantitative estimate of drug-likeness (QED) is 0.444. The van der Waals surface area contributed by atoms with Gasteiger partial charge >= 0.3 is 5.97 Å². The smallest absolute Gasteiger partial charge is 0.338 e. The fourth-order valence-corrected chi connectivity index (χ4v) is 1.81. The van der Waals surface area contributed by atoms with Crippen molar-refractivity contribution in [3.63, 3.8) is 0 Å². The van der Waals surface area contributed by atoms with E-state index in [9.17, 15) is 4.79 Å². The van der Waals surface area contributed by atoms with E-state index in [0.29, 0.717) is 23.6 Å². The molecule has 4 heteroatoms. The molecule has 106 valence electrons. The van der Waals surface area contributed by atoms with Crippen LogP contribution < -0.4 is 10.5 Å². The third kappa shape index (κ3) is 5.64. The van der Waals surface area contributed by atoms with Gasteiger partial charge in [0.15, 0.2) is 0 Å². The predicted octanol–water partition coefficient (Wildman–Crippen LogP) is 3.40. The van der Waals surface area contributed by atoms with Gasteiger partial charge in [-0.2, -0.15) is 0 Å². The highest BCUT2D eigenvalue weighted by atomic mass is 16.5. The Bertz CT molecular complexity index is 404. The molecule has 0 heterocycles. The maximum Gasteiger partial charge on any atom is 0.338 e. The molecule has 0 amide bonds. The van der Waals surface area contributed by atoms with Crippen LogP contribution in [0.3, 0.4) is 0 Å². The van der Waals surface area contributed by atoms with Crippen molar-refractivity contribution in [1.29, 1.82) is 0 Å². The Kier molecular flexibility index (Phi) is 6.79. The normalized spacial score (nSPS) is 10.2. The van der Waals surface area contributed by atoms with Crippen LogP contribution in [0.4, 0.5) is 5.69 Å². The van der Waals surface area contributed by atoms with Crippen LogP contribution in [0.1, 0.15) is 49.4 Å². The molecule has 0 aliphatic heterocycles. The van der Waals surface area contributed by atoms with Gasteiger partial charge in [0.1, 0.15) is 5.75 Å². The number of benzene rings is 1. The van der Waals surface area contributed by atoms with Gasteiger partial charge in [-0.3, -0.25) is 0 Å². The molecule has 0 spiro atoms. The monoisotopic (exact) mass is 265 g/mol. The molecule has 0 aliphatic rings. The largest absolute Gasteiger partial charge is 0.497 e. The summed E-state index contributed by atoms with van der Waals surface area (Å²) in [5.41, 5.74) is 6.62. The summed E-state index contributed by atoms with van der Waals surface area (Å²) < 4.78 is 10.3. The summed E-state index contributed by atoms with van der Waals surface area (Å²) in [5.74, 6) is 0.219. The third-order valence-electron chi connectivity index (χ3n) is 2.88. The zero-order valence-corrected chi connectivity index (χ0v) is 11.8. The molecule has 0 aromatic heterocycles. The van der Waals surface area contributed by atoms with E-state index >= 15 is 0 Å². The Labute approximate surface area is 114 Å². The molecule has 4 nitrogen and oxygen atoms in total. The first-order valence-corrected chi connectivity index (χ1v) is 6.79. The van der Waals surface area contributed by atoms with Crippen LogP contribution in [0.5, 0.6) is 5.75 Å². The topological polar surface area (TPSA) is 61.5 Å². The molecular weight excluding hydrogens is 242 g/mol. The van der Waals surface area contributed by atoms with Crippen molar-refractivity contribution in [2.45, 2.75) is 39.0 Å². The van der Waals surface area contributed by atoms with Crippen molar-refractivity contribution in [3.05, 3.63) is 23.8 Å². The summed E-state index contributed by atoms with van der Waals surface area (Å²) in [4.78, 5) is 11.8. The van der Waals surface area contributed by atoms with E-state index in [1.54, 1.807) is 18.2 Å². The second kappa shape index (κ2) is 8.40. The van der Waals surface area contributed by atoms with Crippen molar-refractivity contribution in [1.82, 2.24) is 0 Å². The summed E-state index contributed by atoms with van der Waals surface area (Å²) in [7, 11) is 1.54. The number of ether oxygens (including phenoxy) is 2. The minimum atomic E-state index is -0.346. The summed E-state index contributed by atoms with van der Waals surface area (Å²) in [6.07, 6.45) is 5.65. The average Bonchev–Trinajstić information content (AvgIpc) is 2.41. The highest BCUT2D eigenvalue weighted by molar-refractivity contribution is 5.91. The fourth-order valence-electron chi connectivity index (χ4n) is 1.81. The van der Waals surface area contributed by atoms with E-state index < -0.39 is 0 Å². The van der Waals surface area contributed by atoms with Crippen LogP contribution in [0, 0.1) is 0 Å². The van der Waals surface area contributed by atoms with Crippen LogP contribution in [0.2, 0.25) is 0 Å². The van der Waals surface area contributed by atoms with Crippen LogP contribution in [-0.4, -0.2) is 19.7 Å². The number of esters is 1. The first-order valence-electron chi connectivity index (χ1n) is 6.79. The maximum atomic E-state index is 11.8. The van der Waals surface area contributed by atoms with Gasteiger partial charge in [-0.05, 0) is 18.6 Å². The third-order valence-corrected chi connectivity index (χ3v) is 2.88. The van der Waals surface area contributed by atoms with Gasteiger partial charge in [0.25, 0.3) is 0 Å². The number of anilines is 1. The number of carbonyl (C=O) groups excluding carboxylic acids is 1. The highest BCUT2D eigenvalue weighted by Gasteiger charge is 2.09. The lowest BCUT2D eigenvalue weighted by molar-refractivity contribution is 0.0497. The van der Waals surface area contributed by atoms with Crippen LogP contribution >= 0.6 is 0 Å². The number of hydrogen-bond acceptors (Lipinski definition) is 4. The summed E-state index contributed by atoms with van der Waals surface area (Å²) in [6, 6.07) is 4.90. The van der Waals surface area contributed by atoms with Gasteiger partial charge in [0, 0.05) is 11.8 Å². The summed E-state index contributed by atoms with van der Waals surface area (Å²) in [6.45, 7) is 2.63. The molecular formula is C15H23NO3. The van der Waals surface area contributed by atoms with Crippen molar-refractivity contribution < 1.29 is 14.3 Å².